The molecule has 0 radical (unpaired) electrons. The lowest BCUT2D eigenvalue weighted by Gasteiger charge is -2.30. The Balaban J connectivity index is 2.26. The van der Waals surface area contributed by atoms with E-state index in [2.05, 4.69) is 15.9 Å². The number of halogens is 1. The number of cyclic esters (lactones) is 1. The number of amides is 1. The van der Waals surface area contributed by atoms with Gasteiger partial charge in [-0.05, 0) is 24.6 Å². The van der Waals surface area contributed by atoms with E-state index in [0.717, 1.165) is 10.0 Å². The number of carbonyl (C=O) groups is 2. The molecule has 0 bridgehead atoms. The number of benzene rings is 1. The van der Waals surface area contributed by atoms with Gasteiger partial charge in [-0.1, -0.05) is 22.0 Å². The van der Waals surface area contributed by atoms with Crippen LogP contribution in [0.1, 0.15) is 5.56 Å². The first-order valence-electron chi connectivity index (χ1n) is 5.42. The number of rotatable bonds is 2. The first-order valence-corrected chi connectivity index (χ1v) is 6.21. The van der Waals surface area contributed by atoms with Crippen LogP contribution < -0.4 is 4.90 Å². The number of nitrogens with zero attached hydrogens (tertiary/aromatic N) is 1. The van der Waals surface area contributed by atoms with E-state index in [1.807, 2.05) is 13.0 Å². The van der Waals surface area contributed by atoms with Gasteiger partial charge in [0, 0.05) is 16.7 Å². The van der Waals surface area contributed by atoms with Gasteiger partial charge in [0.2, 0.25) is 0 Å². The smallest absolute Gasteiger partial charge is 0.414 e. The molecular weight excluding hydrogens is 302 g/mol. The minimum Gasteiger partial charge on any atom is -0.481 e. The Morgan fingerprint density at radius 3 is 2.89 bits per heavy atom. The fourth-order valence-electron chi connectivity index (χ4n) is 1.71. The topological polar surface area (TPSA) is 66.8 Å². The van der Waals surface area contributed by atoms with Crippen LogP contribution in [0.15, 0.2) is 22.7 Å². The van der Waals surface area contributed by atoms with Crippen LogP contribution in [0.3, 0.4) is 0 Å². The van der Waals surface area contributed by atoms with Crippen LogP contribution in [0.5, 0.6) is 0 Å². The molecule has 1 aliphatic rings. The van der Waals surface area contributed by atoms with E-state index < -0.39 is 18.0 Å². The number of carboxylic acids is 1. The van der Waals surface area contributed by atoms with Crippen molar-refractivity contribution >= 4 is 33.7 Å². The summed E-state index contributed by atoms with van der Waals surface area (Å²) in [4.78, 5) is 23.9. The molecule has 1 aliphatic heterocycles. The zero-order chi connectivity index (χ0) is 13.3. The molecule has 1 aromatic carbocycles. The molecule has 1 aromatic rings. The molecule has 1 N–H and O–H groups in total. The fraction of sp³-hybridized carbons (Fsp3) is 0.333. The predicted molar refractivity (Wildman–Crippen MR) is 68.7 cm³/mol. The van der Waals surface area contributed by atoms with E-state index in [9.17, 15) is 9.59 Å². The lowest BCUT2D eigenvalue weighted by atomic mass is 10.1. The number of carbonyl (C=O) groups excluding carboxylic acids is 1. The van der Waals surface area contributed by atoms with E-state index in [-0.39, 0.29) is 13.2 Å². The van der Waals surface area contributed by atoms with Crippen LogP contribution in [-0.2, 0) is 9.53 Å². The maximum atomic E-state index is 11.7. The van der Waals surface area contributed by atoms with Crippen molar-refractivity contribution in [3.63, 3.8) is 0 Å². The zero-order valence-corrected chi connectivity index (χ0v) is 11.3. The quantitative estimate of drug-likeness (QED) is 0.910. The second kappa shape index (κ2) is 4.97. The summed E-state index contributed by atoms with van der Waals surface area (Å²) in [5.41, 5.74) is 1.67. The average molecular weight is 314 g/mol. The van der Waals surface area contributed by atoms with Gasteiger partial charge in [0.25, 0.3) is 0 Å². The number of carboxylic acid groups (broad SMARTS) is 1. The number of hydrogen-bond acceptors (Lipinski definition) is 3. The summed E-state index contributed by atoms with van der Waals surface area (Å²) in [6.45, 7) is 1.99. The van der Waals surface area contributed by atoms with Crippen LogP contribution >= 0.6 is 15.9 Å². The third-order valence-corrected chi connectivity index (χ3v) is 3.70. The predicted octanol–water partition coefficient (Wildman–Crippen LogP) is 2.41. The molecule has 0 saturated carbocycles. The molecule has 1 fully saturated rings. The molecule has 6 heteroatoms. The van der Waals surface area contributed by atoms with Crippen molar-refractivity contribution in [1.29, 1.82) is 0 Å². The summed E-state index contributed by atoms with van der Waals surface area (Å²) in [5.74, 6) is -1.65. The Bertz CT molecular complexity index is 503. The molecule has 96 valence electrons. The molecule has 1 saturated heterocycles. The summed E-state index contributed by atoms with van der Waals surface area (Å²) in [6.07, 6.45) is -0.511. The van der Waals surface area contributed by atoms with E-state index in [1.165, 1.54) is 4.90 Å². The summed E-state index contributed by atoms with van der Waals surface area (Å²) < 4.78 is 5.75. The maximum Gasteiger partial charge on any atom is 0.414 e. The molecule has 1 atom stereocenters. The normalized spacial score (nSPS) is 19.6. The molecule has 5 nitrogen and oxygen atoms in total. The summed E-state index contributed by atoms with van der Waals surface area (Å²) >= 11 is 3.38. The largest absolute Gasteiger partial charge is 0.481 e. The van der Waals surface area contributed by atoms with Crippen molar-refractivity contribution in [1.82, 2.24) is 0 Å². The van der Waals surface area contributed by atoms with Gasteiger partial charge in [-0.2, -0.15) is 0 Å². The van der Waals surface area contributed by atoms with E-state index >= 15 is 0 Å². The maximum absolute atomic E-state index is 11.7. The minimum atomic E-state index is -0.960. The van der Waals surface area contributed by atoms with Gasteiger partial charge in [-0.15, -0.1) is 0 Å². The van der Waals surface area contributed by atoms with Gasteiger partial charge in [-0.25, -0.2) is 4.79 Å². The van der Waals surface area contributed by atoms with Crippen LogP contribution in [-0.4, -0.2) is 30.3 Å². The summed E-state index contributed by atoms with van der Waals surface area (Å²) in [6, 6.07) is 5.41. The lowest BCUT2D eigenvalue weighted by molar-refractivity contribution is -0.143. The van der Waals surface area contributed by atoms with Gasteiger partial charge in [0.15, 0.2) is 0 Å². The van der Waals surface area contributed by atoms with Crippen molar-refractivity contribution in [3.05, 3.63) is 28.2 Å². The molecule has 1 heterocycles. The summed E-state index contributed by atoms with van der Waals surface area (Å²) in [5, 5.41) is 8.96. The number of aliphatic carboxylic acids is 1. The Morgan fingerprint density at radius 2 is 2.28 bits per heavy atom. The van der Waals surface area contributed by atoms with Gasteiger partial charge in [0.1, 0.15) is 12.5 Å². The van der Waals surface area contributed by atoms with Crippen molar-refractivity contribution in [2.75, 3.05) is 18.1 Å². The number of anilines is 1. The molecule has 2 rings (SSSR count). The molecule has 0 spiro atoms. The minimum absolute atomic E-state index is 0.0717. The van der Waals surface area contributed by atoms with Crippen LogP contribution in [0, 0.1) is 12.8 Å². The van der Waals surface area contributed by atoms with E-state index in [1.54, 1.807) is 12.1 Å². The van der Waals surface area contributed by atoms with E-state index in [0.29, 0.717) is 5.69 Å². The zero-order valence-electron chi connectivity index (χ0n) is 9.72. The molecule has 18 heavy (non-hydrogen) atoms. The van der Waals surface area contributed by atoms with Crippen molar-refractivity contribution in [3.8, 4) is 0 Å². The average Bonchev–Trinajstić information content (AvgIpc) is 2.33. The monoisotopic (exact) mass is 313 g/mol. The van der Waals surface area contributed by atoms with Gasteiger partial charge in [0.05, 0.1) is 0 Å². The second-order valence-corrected chi connectivity index (χ2v) is 5.01. The molecular formula is C12H12BrNO4. The summed E-state index contributed by atoms with van der Waals surface area (Å²) in [7, 11) is 0. The van der Waals surface area contributed by atoms with Crippen LogP contribution in [0.2, 0.25) is 0 Å². The van der Waals surface area contributed by atoms with Crippen molar-refractivity contribution in [2.45, 2.75) is 6.92 Å². The number of hydrogen-bond donors (Lipinski definition) is 1. The van der Waals surface area contributed by atoms with Gasteiger partial charge < -0.3 is 9.84 Å². The Labute approximate surface area is 112 Å². The van der Waals surface area contributed by atoms with Crippen LogP contribution in [0.25, 0.3) is 0 Å². The first kappa shape index (κ1) is 12.9. The van der Waals surface area contributed by atoms with Crippen LogP contribution in [0.4, 0.5) is 10.5 Å². The Kier molecular flexibility index (Phi) is 3.56. The standard InChI is InChI=1S/C12H12BrNO4/c1-7-2-3-9(4-10(7)13)14-5-8(11(15)16)6-18-12(14)17/h2-4,8H,5-6H2,1H3,(H,15,16). The molecule has 0 aromatic heterocycles. The lowest BCUT2D eigenvalue weighted by Crippen LogP contribution is -2.45. The molecule has 1 amide bonds. The van der Waals surface area contributed by atoms with Crippen molar-refractivity contribution in [2.24, 2.45) is 5.92 Å². The highest BCUT2D eigenvalue weighted by molar-refractivity contribution is 9.10. The van der Waals surface area contributed by atoms with E-state index in [4.69, 9.17) is 9.84 Å². The van der Waals surface area contributed by atoms with Gasteiger partial charge in [-0.3, -0.25) is 9.69 Å². The first-order chi connectivity index (χ1) is 8.49. The Morgan fingerprint density at radius 1 is 1.56 bits per heavy atom. The molecule has 0 aliphatic carbocycles. The fourth-order valence-corrected chi connectivity index (χ4v) is 2.07. The SMILES string of the molecule is Cc1ccc(N2CC(C(=O)O)COC2=O)cc1Br. The second-order valence-electron chi connectivity index (χ2n) is 4.16. The molecule has 1 unspecified atom stereocenters. The third kappa shape index (κ3) is 2.48. The Hall–Kier alpha value is -1.56. The highest BCUT2D eigenvalue weighted by Crippen LogP contribution is 2.26. The highest BCUT2D eigenvalue weighted by Gasteiger charge is 2.32. The highest BCUT2D eigenvalue weighted by atomic mass is 79.9. The number of ether oxygens (including phenoxy) is 1. The third-order valence-electron chi connectivity index (χ3n) is 2.85. The van der Waals surface area contributed by atoms with Gasteiger partial charge >= 0.3 is 12.1 Å². The van der Waals surface area contributed by atoms with Crippen molar-refractivity contribution < 1.29 is 19.4 Å². The number of aryl methyl sites for hydroxylation is 1.